The Labute approximate surface area is 134 Å². The van der Waals surface area contributed by atoms with E-state index in [1.165, 1.54) is 24.1 Å². The van der Waals surface area contributed by atoms with Crippen LogP contribution in [0.4, 0.5) is 9.18 Å². The topological polar surface area (TPSA) is 62.9 Å². The number of hydrogen-bond donors (Lipinski definition) is 1. The highest BCUT2D eigenvalue weighted by Gasteiger charge is 2.37. The summed E-state index contributed by atoms with van der Waals surface area (Å²) in [5, 5.41) is 9.70. The zero-order valence-corrected chi connectivity index (χ0v) is 13.5. The van der Waals surface area contributed by atoms with Crippen LogP contribution >= 0.6 is 0 Å². The Hall–Kier alpha value is -2.50. The Balaban J connectivity index is 2.58. The van der Waals surface area contributed by atoms with E-state index in [9.17, 15) is 14.3 Å². The van der Waals surface area contributed by atoms with Crippen LogP contribution in [-0.2, 0) is 0 Å². The number of rotatable bonds is 4. The number of amides is 1. The summed E-state index contributed by atoms with van der Waals surface area (Å²) in [6.45, 7) is 5.37. The predicted molar refractivity (Wildman–Crippen MR) is 83.1 cm³/mol. The van der Waals surface area contributed by atoms with Gasteiger partial charge in [-0.3, -0.25) is 4.90 Å². The lowest BCUT2D eigenvalue weighted by atomic mass is 9.96. The van der Waals surface area contributed by atoms with Gasteiger partial charge in [-0.1, -0.05) is 12.1 Å². The van der Waals surface area contributed by atoms with Gasteiger partial charge in [0.05, 0.1) is 7.11 Å². The van der Waals surface area contributed by atoms with Crippen LogP contribution in [0.15, 0.2) is 40.8 Å². The second-order valence-electron chi connectivity index (χ2n) is 6.14. The van der Waals surface area contributed by atoms with E-state index in [4.69, 9.17) is 9.15 Å². The number of furan rings is 1. The summed E-state index contributed by atoms with van der Waals surface area (Å²) < 4.78 is 23.8. The normalized spacial score (nSPS) is 12.7. The van der Waals surface area contributed by atoms with Crippen LogP contribution in [0.3, 0.4) is 0 Å². The third kappa shape index (κ3) is 3.64. The van der Waals surface area contributed by atoms with E-state index in [1.807, 2.05) is 0 Å². The van der Waals surface area contributed by atoms with Crippen molar-refractivity contribution >= 4 is 6.09 Å². The number of carboxylic acid groups (broad SMARTS) is 1. The SMILES string of the molecule is COc1ccc(C(c2ccc(F)cc2)N(C(=O)O)C(C)(C)C)o1. The van der Waals surface area contributed by atoms with Gasteiger partial charge < -0.3 is 14.3 Å². The highest BCUT2D eigenvalue weighted by molar-refractivity contribution is 5.67. The molecular weight excluding hydrogens is 301 g/mol. The minimum Gasteiger partial charge on any atom is -0.468 e. The lowest BCUT2D eigenvalue weighted by molar-refractivity contribution is 0.0734. The Morgan fingerprint density at radius 1 is 1.22 bits per heavy atom. The molecule has 1 N–H and O–H groups in total. The van der Waals surface area contributed by atoms with Gasteiger partial charge in [-0.05, 0) is 44.5 Å². The minimum absolute atomic E-state index is 0.284. The second-order valence-corrected chi connectivity index (χ2v) is 6.14. The molecule has 1 heterocycles. The fourth-order valence-corrected chi connectivity index (χ4v) is 2.46. The molecule has 2 aromatic rings. The van der Waals surface area contributed by atoms with Crippen molar-refractivity contribution in [1.29, 1.82) is 0 Å². The molecule has 0 fully saturated rings. The molecule has 0 saturated carbocycles. The number of methoxy groups -OCH3 is 1. The maximum atomic E-state index is 13.2. The summed E-state index contributed by atoms with van der Waals surface area (Å²) in [6.07, 6.45) is -1.10. The van der Waals surface area contributed by atoms with E-state index in [2.05, 4.69) is 0 Å². The first-order chi connectivity index (χ1) is 10.7. The molecule has 1 atom stereocenters. The molecule has 6 heteroatoms. The highest BCUT2D eigenvalue weighted by atomic mass is 19.1. The molecule has 124 valence electrons. The molecule has 1 aromatic carbocycles. The molecule has 1 unspecified atom stereocenters. The molecule has 0 saturated heterocycles. The van der Waals surface area contributed by atoms with Crippen LogP contribution in [-0.4, -0.2) is 28.7 Å². The van der Waals surface area contributed by atoms with Gasteiger partial charge in [0.15, 0.2) is 0 Å². The smallest absolute Gasteiger partial charge is 0.408 e. The molecule has 2 rings (SSSR count). The third-order valence-corrected chi connectivity index (χ3v) is 3.45. The predicted octanol–water partition coefficient (Wildman–Crippen LogP) is 4.30. The van der Waals surface area contributed by atoms with Gasteiger partial charge in [-0.15, -0.1) is 0 Å². The summed E-state index contributed by atoms with van der Waals surface area (Å²) in [7, 11) is 1.47. The zero-order valence-electron chi connectivity index (χ0n) is 13.5. The number of benzene rings is 1. The largest absolute Gasteiger partial charge is 0.468 e. The van der Waals surface area contributed by atoms with E-state index >= 15 is 0 Å². The molecular formula is C17H20FNO4. The summed E-state index contributed by atoms with van der Waals surface area (Å²) in [6, 6.07) is 8.27. The lowest BCUT2D eigenvalue weighted by Crippen LogP contribution is -2.47. The zero-order chi connectivity index (χ0) is 17.2. The van der Waals surface area contributed by atoms with Crippen molar-refractivity contribution in [2.45, 2.75) is 32.4 Å². The quantitative estimate of drug-likeness (QED) is 0.912. The van der Waals surface area contributed by atoms with Crippen molar-refractivity contribution in [3.63, 3.8) is 0 Å². The lowest BCUT2D eigenvalue weighted by Gasteiger charge is -2.38. The Morgan fingerprint density at radius 2 is 1.83 bits per heavy atom. The van der Waals surface area contributed by atoms with Gasteiger partial charge in [-0.2, -0.15) is 0 Å². The Bertz CT molecular complexity index is 673. The van der Waals surface area contributed by atoms with Gasteiger partial charge in [0.1, 0.15) is 17.6 Å². The third-order valence-electron chi connectivity index (χ3n) is 3.45. The number of nitrogens with zero attached hydrogens (tertiary/aromatic N) is 1. The number of hydrogen-bond acceptors (Lipinski definition) is 3. The first-order valence-electron chi connectivity index (χ1n) is 7.15. The minimum atomic E-state index is -1.10. The Morgan fingerprint density at radius 3 is 2.26 bits per heavy atom. The first kappa shape index (κ1) is 16.9. The van der Waals surface area contributed by atoms with Crippen LogP contribution in [0, 0.1) is 5.82 Å². The molecule has 5 nitrogen and oxygen atoms in total. The van der Waals surface area contributed by atoms with E-state index in [-0.39, 0.29) is 11.8 Å². The van der Waals surface area contributed by atoms with E-state index in [1.54, 1.807) is 45.0 Å². The van der Waals surface area contributed by atoms with Crippen LogP contribution < -0.4 is 4.74 Å². The van der Waals surface area contributed by atoms with Crippen molar-refractivity contribution in [3.05, 3.63) is 53.5 Å². The van der Waals surface area contributed by atoms with Crippen LogP contribution in [0.2, 0.25) is 0 Å². The van der Waals surface area contributed by atoms with Gasteiger partial charge in [0, 0.05) is 11.6 Å². The number of ether oxygens (including phenoxy) is 1. The average Bonchev–Trinajstić information content (AvgIpc) is 2.92. The summed E-state index contributed by atoms with van der Waals surface area (Å²) in [5.41, 5.74) is -0.0778. The second kappa shape index (κ2) is 6.32. The molecule has 0 spiro atoms. The number of halogens is 1. The maximum Gasteiger partial charge on any atom is 0.408 e. The van der Waals surface area contributed by atoms with E-state index < -0.39 is 17.7 Å². The molecule has 0 aliphatic carbocycles. The van der Waals surface area contributed by atoms with Crippen LogP contribution in [0.5, 0.6) is 5.95 Å². The van der Waals surface area contributed by atoms with Gasteiger partial charge in [0.25, 0.3) is 5.95 Å². The van der Waals surface area contributed by atoms with E-state index in [0.29, 0.717) is 11.3 Å². The van der Waals surface area contributed by atoms with Crippen molar-refractivity contribution < 1.29 is 23.4 Å². The molecule has 1 aromatic heterocycles. The summed E-state index contributed by atoms with van der Waals surface area (Å²) in [5.74, 6) is 0.305. The molecule has 0 aliphatic rings. The van der Waals surface area contributed by atoms with Crippen LogP contribution in [0.25, 0.3) is 0 Å². The van der Waals surface area contributed by atoms with E-state index in [0.717, 1.165) is 0 Å². The Kier molecular flexibility index (Phi) is 4.63. The van der Waals surface area contributed by atoms with Crippen molar-refractivity contribution in [2.75, 3.05) is 7.11 Å². The standard InChI is InChI=1S/C17H20FNO4/c1-17(2,3)19(16(20)21)15(11-5-7-12(18)8-6-11)13-9-10-14(22-4)23-13/h5-10,15H,1-4H3,(H,20,21). The van der Waals surface area contributed by atoms with Crippen molar-refractivity contribution in [1.82, 2.24) is 4.90 Å². The highest BCUT2D eigenvalue weighted by Crippen LogP contribution is 2.36. The van der Waals surface area contributed by atoms with Gasteiger partial charge in [0.2, 0.25) is 0 Å². The number of carbonyl (C=O) groups is 1. The molecule has 0 bridgehead atoms. The monoisotopic (exact) mass is 321 g/mol. The molecule has 0 radical (unpaired) electrons. The average molecular weight is 321 g/mol. The van der Waals surface area contributed by atoms with Crippen LogP contribution in [0.1, 0.15) is 38.1 Å². The molecule has 0 aliphatic heterocycles. The van der Waals surface area contributed by atoms with Gasteiger partial charge >= 0.3 is 6.09 Å². The summed E-state index contributed by atoms with van der Waals surface area (Å²) >= 11 is 0. The summed E-state index contributed by atoms with van der Waals surface area (Å²) in [4.78, 5) is 13.1. The van der Waals surface area contributed by atoms with Crippen molar-refractivity contribution in [3.8, 4) is 5.95 Å². The fourth-order valence-electron chi connectivity index (χ4n) is 2.46. The van der Waals surface area contributed by atoms with Crippen molar-refractivity contribution in [2.24, 2.45) is 0 Å². The fraction of sp³-hybridized carbons (Fsp3) is 0.353. The maximum absolute atomic E-state index is 13.2. The first-order valence-corrected chi connectivity index (χ1v) is 7.15. The molecule has 1 amide bonds. The van der Waals surface area contributed by atoms with Gasteiger partial charge in [-0.25, -0.2) is 9.18 Å². The molecule has 23 heavy (non-hydrogen) atoms.